The highest BCUT2D eigenvalue weighted by atomic mass is 16.2. The second kappa shape index (κ2) is 17.2. The van der Waals surface area contributed by atoms with Crippen molar-refractivity contribution in [2.24, 2.45) is 5.92 Å². The van der Waals surface area contributed by atoms with Gasteiger partial charge in [0, 0.05) is 49.6 Å². The molecule has 3 atom stereocenters. The fraction of sp³-hybridized carbons (Fsp3) is 0.429. The highest BCUT2D eigenvalue weighted by Crippen LogP contribution is 2.14. The Morgan fingerprint density at radius 1 is 0.830 bits per heavy atom. The first-order valence-electron chi connectivity index (χ1n) is 16.2. The maximum absolute atomic E-state index is 13.7. The lowest BCUT2D eigenvalue weighted by Gasteiger charge is -2.25. The smallest absolute Gasteiger partial charge is 0.251 e. The van der Waals surface area contributed by atoms with Gasteiger partial charge in [-0.25, -0.2) is 9.97 Å². The fourth-order valence-corrected chi connectivity index (χ4v) is 5.42. The summed E-state index contributed by atoms with van der Waals surface area (Å²) in [6.07, 6.45) is 5.54. The van der Waals surface area contributed by atoms with E-state index in [1.165, 1.54) is 0 Å². The molecule has 2 aromatic carbocycles. The van der Waals surface area contributed by atoms with E-state index in [1.54, 1.807) is 31.5 Å². The fourth-order valence-electron chi connectivity index (χ4n) is 5.42. The summed E-state index contributed by atoms with van der Waals surface area (Å²) < 4.78 is 0. The van der Waals surface area contributed by atoms with Crippen LogP contribution < -0.4 is 27.0 Å². The summed E-state index contributed by atoms with van der Waals surface area (Å²) in [7, 11) is 0. The molecule has 0 saturated heterocycles. The normalized spacial score (nSPS) is 20.9. The van der Waals surface area contributed by atoms with Gasteiger partial charge in [-0.05, 0) is 61.9 Å². The lowest BCUT2D eigenvalue weighted by molar-refractivity contribution is -0.132. The average Bonchev–Trinajstić information content (AvgIpc) is 3.05. The number of benzene rings is 2. The van der Waals surface area contributed by atoms with Crippen molar-refractivity contribution in [3.8, 4) is 0 Å². The zero-order valence-electron chi connectivity index (χ0n) is 27.4. The summed E-state index contributed by atoms with van der Waals surface area (Å²) in [4.78, 5) is 63.9. The van der Waals surface area contributed by atoms with E-state index in [4.69, 9.17) is 5.73 Å². The number of nitrogens with one attached hydrogen (secondary N) is 4. The molecule has 0 unspecified atom stereocenters. The Balaban J connectivity index is 1.59. The number of carbonyl (C=O) groups excluding carboxylic acids is 4. The van der Waals surface area contributed by atoms with Crippen LogP contribution >= 0.6 is 0 Å². The van der Waals surface area contributed by atoms with E-state index in [0.717, 1.165) is 36.1 Å². The Morgan fingerprint density at radius 2 is 1.51 bits per heavy atom. The number of carbonyl (C=O) groups is 4. The van der Waals surface area contributed by atoms with Crippen LogP contribution in [-0.2, 0) is 33.9 Å². The van der Waals surface area contributed by atoms with Crippen molar-refractivity contribution in [2.45, 2.75) is 77.7 Å². The minimum absolute atomic E-state index is 0.0810. The van der Waals surface area contributed by atoms with Crippen LogP contribution in [-0.4, -0.2) is 69.7 Å². The van der Waals surface area contributed by atoms with E-state index in [9.17, 15) is 19.2 Å². The third kappa shape index (κ3) is 11.2. The van der Waals surface area contributed by atoms with Gasteiger partial charge in [-0.1, -0.05) is 56.3 Å². The van der Waals surface area contributed by atoms with E-state index < -0.39 is 35.8 Å². The van der Waals surface area contributed by atoms with Crippen LogP contribution in [0.5, 0.6) is 0 Å². The molecule has 3 aromatic rings. The molecule has 5 rings (SSSR count). The van der Waals surface area contributed by atoms with Gasteiger partial charge in [0.1, 0.15) is 18.1 Å². The van der Waals surface area contributed by atoms with Crippen molar-refractivity contribution in [3.63, 3.8) is 0 Å². The minimum atomic E-state index is -0.945. The highest BCUT2D eigenvalue weighted by molar-refractivity contribution is 5.99. The molecule has 250 valence electrons. The molecule has 47 heavy (non-hydrogen) atoms. The van der Waals surface area contributed by atoms with Gasteiger partial charge in [0.05, 0.1) is 0 Å². The molecule has 2 bridgehead atoms. The number of fused-ring (bicyclic) bond motifs is 18. The molecule has 4 amide bonds. The van der Waals surface area contributed by atoms with Crippen LogP contribution in [0.2, 0.25) is 0 Å². The Kier molecular flexibility index (Phi) is 12.8. The second-order valence-electron chi connectivity index (χ2n) is 12.5. The molecule has 12 nitrogen and oxygen atoms in total. The first-order chi connectivity index (χ1) is 22.6. The highest BCUT2D eigenvalue weighted by Gasteiger charge is 2.29. The van der Waals surface area contributed by atoms with Gasteiger partial charge in [-0.15, -0.1) is 0 Å². The van der Waals surface area contributed by atoms with Gasteiger partial charge in [0.15, 0.2) is 0 Å². The molecule has 0 spiro atoms. The first kappa shape index (κ1) is 35.0. The molecule has 0 aliphatic carbocycles. The average molecular weight is 643 g/mol. The van der Waals surface area contributed by atoms with E-state index in [0.29, 0.717) is 31.6 Å². The van der Waals surface area contributed by atoms with Crippen LogP contribution in [0.4, 0.5) is 5.95 Å². The Morgan fingerprint density at radius 3 is 2.19 bits per heavy atom. The number of anilines is 1. The molecule has 0 radical (unpaired) electrons. The molecular weight excluding hydrogens is 596 g/mol. The van der Waals surface area contributed by atoms with Crippen LogP contribution in [0.1, 0.15) is 67.1 Å². The van der Waals surface area contributed by atoms with Crippen molar-refractivity contribution < 1.29 is 19.2 Å². The number of nitrogens with two attached hydrogens (primary N) is 1. The molecule has 1 aromatic heterocycles. The monoisotopic (exact) mass is 642 g/mol. The van der Waals surface area contributed by atoms with E-state index >= 15 is 0 Å². The van der Waals surface area contributed by atoms with Crippen molar-refractivity contribution in [1.29, 1.82) is 0 Å². The number of hydrogen-bond acceptors (Lipinski definition) is 8. The Bertz CT molecular complexity index is 1480. The topological polar surface area (TPSA) is 171 Å². The van der Waals surface area contributed by atoms with Crippen molar-refractivity contribution in [3.05, 3.63) is 89.2 Å². The quantitative estimate of drug-likeness (QED) is 0.255. The third-order valence-electron chi connectivity index (χ3n) is 7.95. The van der Waals surface area contributed by atoms with Crippen LogP contribution in [0.3, 0.4) is 0 Å². The minimum Gasteiger partial charge on any atom is -0.368 e. The van der Waals surface area contributed by atoms with Crippen LogP contribution in [0.25, 0.3) is 0 Å². The van der Waals surface area contributed by atoms with E-state index in [1.807, 2.05) is 56.3 Å². The Hall–Kier alpha value is -4.84. The molecule has 0 saturated carbocycles. The van der Waals surface area contributed by atoms with Gasteiger partial charge >= 0.3 is 0 Å². The molecule has 6 N–H and O–H groups in total. The SMILES string of the molecule is CC(C)C[C@@H]1NC(=O)[C@@H](Cc2ccccc2)NC(=O)c2ccc(cc2)CN(Cc2cnc(N)nc2)CCCCNC(=O)[C@@H](C)NC1=O. The first-order valence-corrected chi connectivity index (χ1v) is 16.2. The van der Waals surface area contributed by atoms with Gasteiger partial charge in [-0.2, -0.15) is 0 Å². The van der Waals surface area contributed by atoms with Crippen molar-refractivity contribution in [2.75, 3.05) is 18.8 Å². The molecule has 2 aliphatic heterocycles. The molecular formula is C35H46N8O4. The molecule has 2 aliphatic rings. The Labute approximate surface area is 276 Å². The van der Waals surface area contributed by atoms with Gasteiger partial charge in [0.2, 0.25) is 23.7 Å². The molecule has 3 heterocycles. The third-order valence-corrected chi connectivity index (χ3v) is 7.95. The summed E-state index contributed by atoms with van der Waals surface area (Å²) in [5, 5.41) is 11.4. The van der Waals surface area contributed by atoms with E-state index in [2.05, 4.69) is 36.1 Å². The van der Waals surface area contributed by atoms with Gasteiger partial charge in [-0.3, -0.25) is 24.1 Å². The second-order valence-corrected chi connectivity index (χ2v) is 12.5. The van der Waals surface area contributed by atoms with Crippen LogP contribution in [0.15, 0.2) is 67.0 Å². The maximum Gasteiger partial charge on any atom is 0.251 e. The van der Waals surface area contributed by atoms with Gasteiger partial charge in [0.25, 0.3) is 5.91 Å². The summed E-state index contributed by atoms with van der Waals surface area (Å²) in [5.74, 6) is -1.34. The van der Waals surface area contributed by atoms with Gasteiger partial charge < -0.3 is 27.0 Å². The number of rotatable bonds is 6. The van der Waals surface area contributed by atoms with Crippen LogP contribution in [0, 0.1) is 5.92 Å². The summed E-state index contributed by atoms with van der Waals surface area (Å²) >= 11 is 0. The standard InChI is InChI=1S/C35H46N8O4/c1-23(2)17-29-33(46)40-24(3)31(44)37-15-7-8-16-43(22-27-19-38-35(36)39-20-27)21-26-11-13-28(14-12-26)32(45)41-30(34(47)42-29)18-25-9-5-4-6-10-25/h4-6,9-14,19-20,23-24,29-30H,7-8,15-18,21-22H2,1-3H3,(H,37,44)(H,40,46)(H,41,45)(H,42,47)(H2,36,38,39)/t24-,29+,30-/m1/s1. The molecule has 12 heteroatoms. The maximum atomic E-state index is 13.7. The summed E-state index contributed by atoms with van der Waals surface area (Å²) in [6.45, 7) is 7.91. The summed E-state index contributed by atoms with van der Waals surface area (Å²) in [5.41, 5.74) is 8.86. The lowest BCUT2D eigenvalue weighted by Crippen LogP contribution is -2.57. The molecule has 0 fully saturated rings. The zero-order valence-corrected chi connectivity index (χ0v) is 27.4. The van der Waals surface area contributed by atoms with E-state index in [-0.39, 0.29) is 24.2 Å². The zero-order chi connectivity index (χ0) is 33.8. The van der Waals surface area contributed by atoms with Crippen molar-refractivity contribution in [1.82, 2.24) is 36.1 Å². The number of hydrogen-bond donors (Lipinski definition) is 5. The number of nitrogens with zero attached hydrogens (tertiary/aromatic N) is 3. The predicted octanol–water partition coefficient (Wildman–Crippen LogP) is 2.35. The summed E-state index contributed by atoms with van der Waals surface area (Å²) in [6, 6.07) is 14.1. The predicted molar refractivity (Wildman–Crippen MR) is 180 cm³/mol. The largest absolute Gasteiger partial charge is 0.368 e. The number of amides is 4. The van der Waals surface area contributed by atoms with Crippen molar-refractivity contribution >= 4 is 29.6 Å². The lowest BCUT2D eigenvalue weighted by atomic mass is 10.0. The number of nitrogen functional groups attached to an aromatic ring is 1. The number of aromatic nitrogens is 2.